The number of aromatic amines is 1. The average molecular weight is 393 g/mol. The molecule has 0 saturated carbocycles. The van der Waals surface area contributed by atoms with Crippen molar-refractivity contribution in [1.82, 2.24) is 15.0 Å². The van der Waals surface area contributed by atoms with Crippen molar-refractivity contribution in [2.24, 2.45) is 0 Å². The second-order valence-corrected chi connectivity index (χ2v) is 7.72. The summed E-state index contributed by atoms with van der Waals surface area (Å²) < 4.78 is 13.4. The van der Waals surface area contributed by atoms with Crippen LogP contribution in [0.2, 0.25) is 0 Å². The lowest BCUT2D eigenvalue weighted by Gasteiger charge is -2.29. The van der Waals surface area contributed by atoms with E-state index in [0.29, 0.717) is 0 Å². The molecule has 0 radical (unpaired) electrons. The highest BCUT2D eigenvalue weighted by molar-refractivity contribution is 5.93. The van der Waals surface area contributed by atoms with E-state index in [4.69, 9.17) is 0 Å². The van der Waals surface area contributed by atoms with Crippen LogP contribution in [0.4, 0.5) is 16.0 Å². The summed E-state index contributed by atoms with van der Waals surface area (Å²) in [5.74, 6) is 1.57. The van der Waals surface area contributed by atoms with Crippen molar-refractivity contribution in [3.05, 3.63) is 54.2 Å². The summed E-state index contributed by atoms with van der Waals surface area (Å²) in [4.78, 5) is 16.5. The van der Waals surface area contributed by atoms with Gasteiger partial charge < -0.3 is 19.9 Å². The Hall–Kier alpha value is -2.93. The molecule has 2 aromatic heterocycles. The van der Waals surface area contributed by atoms with Crippen LogP contribution >= 0.6 is 0 Å². The quantitative estimate of drug-likeness (QED) is 0.712. The molecule has 3 aromatic rings. The summed E-state index contributed by atoms with van der Waals surface area (Å²) in [5.41, 5.74) is 3.24. The third-order valence-electron chi connectivity index (χ3n) is 6.04. The molecule has 6 nitrogen and oxygen atoms in total. The van der Waals surface area contributed by atoms with E-state index in [2.05, 4.69) is 30.8 Å². The lowest BCUT2D eigenvalue weighted by molar-refractivity contribution is 0.266. The number of benzene rings is 1. The highest BCUT2D eigenvalue weighted by atomic mass is 19.1. The summed E-state index contributed by atoms with van der Waals surface area (Å²) in [5, 5.41) is 10.7. The first-order valence-corrected chi connectivity index (χ1v) is 10.1. The molecule has 150 valence electrons. The summed E-state index contributed by atoms with van der Waals surface area (Å²) >= 11 is 0. The second-order valence-electron chi connectivity index (χ2n) is 7.72. The Bertz CT molecular complexity index is 1060. The Morgan fingerprint density at radius 3 is 2.90 bits per heavy atom. The molecule has 0 amide bonds. The number of rotatable bonds is 4. The number of hydrogen-bond donors (Lipinski definition) is 2. The summed E-state index contributed by atoms with van der Waals surface area (Å²) in [7, 11) is 0. The van der Waals surface area contributed by atoms with Gasteiger partial charge in [-0.3, -0.25) is 0 Å². The number of hydrogen-bond acceptors (Lipinski definition) is 5. The van der Waals surface area contributed by atoms with E-state index in [1.807, 2.05) is 18.3 Å². The molecule has 5 rings (SSSR count). The molecule has 2 aliphatic rings. The Morgan fingerprint density at radius 2 is 2.07 bits per heavy atom. The van der Waals surface area contributed by atoms with Crippen LogP contribution in [-0.2, 0) is 0 Å². The fourth-order valence-corrected chi connectivity index (χ4v) is 4.48. The summed E-state index contributed by atoms with van der Waals surface area (Å²) in [6.45, 7) is 2.71. The standard InChI is InChI=1S/C22H24FN5O/c23-16-3-4-18-19(12-24-20(18)10-16)15-5-8-27(9-6-15)21-11-22(26-14-25-21)28-7-1-2-17(28)13-29/h3-5,10-12,14,17,24,29H,1-2,6-9,13H2. The number of halogens is 1. The highest BCUT2D eigenvalue weighted by Crippen LogP contribution is 2.31. The molecule has 0 spiro atoms. The summed E-state index contributed by atoms with van der Waals surface area (Å²) in [6.07, 6.45) is 8.78. The maximum atomic E-state index is 13.4. The van der Waals surface area contributed by atoms with Gasteiger partial charge in [0, 0.05) is 48.4 Å². The normalized spacial score (nSPS) is 19.8. The summed E-state index contributed by atoms with van der Waals surface area (Å²) in [6, 6.07) is 7.07. The minimum atomic E-state index is -0.226. The molecule has 1 aromatic carbocycles. The largest absolute Gasteiger partial charge is 0.394 e. The molecule has 1 unspecified atom stereocenters. The smallest absolute Gasteiger partial charge is 0.134 e. The van der Waals surface area contributed by atoms with Gasteiger partial charge in [-0.25, -0.2) is 14.4 Å². The number of aliphatic hydroxyl groups is 1. The van der Waals surface area contributed by atoms with E-state index in [0.717, 1.165) is 67.0 Å². The Labute approximate surface area is 168 Å². The highest BCUT2D eigenvalue weighted by Gasteiger charge is 2.26. The predicted molar refractivity (Wildman–Crippen MR) is 113 cm³/mol. The first-order chi connectivity index (χ1) is 14.2. The van der Waals surface area contributed by atoms with Gasteiger partial charge in [-0.2, -0.15) is 0 Å². The zero-order valence-corrected chi connectivity index (χ0v) is 16.2. The van der Waals surface area contributed by atoms with Crippen molar-refractivity contribution in [3.63, 3.8) is 0 Å². The number of fused-ring (bicyclic) bond motifs is 1. The fraction of sp³-hybridized carbons (Fsp3) is 0.364. The predicted octanol–water partition coefficient (Wildman–Crippen LogP) is 3.35. The molecule has 4 heterocycles. The van der Waals surface area contributed by atoms with Crippen LogP contribution in [0.3, 0.4) is 0 Å². The van der Waals surface area contributed by atoms with Gasteiger partial charge in [-0.05, 0) is 43.0 Å². The first-order valence-electron chi connectivity index (χ1n) is 10.1. The number of anilines is 2. The zero-order chi connectivity index (χ0) is 19.8. The minimum absolute atomic E-state index is 0.150. The number of nitrogens with zero attached hydrogens (tertiary/aromatic N) is 4. The van der Waals surface area contributed by atoms with E-state index in [9.17, 15) is 9.50 Å². The van der Waals surface area contributed by atoms with Crippen LogP contribution in [0.5, 0.6) is 0 Å². The number of H-pyrrole nitrogens is 1. The number of aromatic nitrogens is 3. The van der Waals surface area contributed by atoms with E-state index in [1.54, 1.807) is 6.33 Å². The van der Waals surface area contributed by atoms with Gasteiger partial charge in [0.05, 0.1) is 12.6 Å². The Morgan fingerprint density at radius 1 is 1.17 bits per heavy atom. The lowest BCUT2D eigenvalue weighted by atomic mass is 9.99. The molecular formula is C22H24FN5O. The van der Waals surface area contributed by atoms with E-state index in [1.165, 1.54) is 17.7 Å². The molecule has 7 heteroatoms. The Balaban J connectivity index is 1.36. The van der Waals surface area contributed by atoms with Crippen LogP contribution in [0, 0.1) is 5.82 Å². The Kier molecular flexibility index (Phi) is 4.67. The maximum absolute atomic E-state index is 13.4. The molecule has 1 saturated heterocycles. The average Bonchev–Trinajstić information content (AvgIpc) is 3.40. The number of nitrogens with one attached hydrogen (secondary N) is 1. The van der Waals surface area contributed by atoms with E-state index in [-0.39, 0.29) is 18.5 Å². The van der Waals surface area contributed by atoms with Crippen molar-refractivity contribution in [2.75, 3.05) is 36.0 Å². The van der Waals surface area contributed by atoms with Crippen molar-refractivity contribution in [1.29, 1.82) is 0 Å². The van der Waals surface area contributed by atoms with Gasteiger partial charge >= 0.3 is 0 Å². The van der Waals surface area contributed by atoms with Crippen molar-refractivity contribution in [2.45, 2.75) is 25.3 Å². The van der Waals surface area contributed by atoms with E-state index >= 15 is 0 Å². The van der Waals surface area contributed by atoms with Gasteiger partial charge in [-0.1, -0.05) is 6.08 Å². The van der Waals surface area contributed by atoms with Crippen molar-refractivity contribution >= 4 is 28.1 Å². The monoisotopic (exact) mass is 393 g/mol. The molecule has 0 aliphatic carbocycles. The van der Waals surface area contributed by atoms with Crippen LogP contribution < -0.4 is 9.80 Å². The van der Waals surface area contributed by atoms with Crippen LogP contribution in [0.15, 0.2) is 42.9 Å². The molecule has 1 atom stereocenters. The molecular weight excluding hydrogens is 369 g/mol. The van der Waals surface area contributed by atoms with Gasteiger partial charge in [0.25, 0.3) is 0 Å². The topological polar surface area (TPSA) is 68.3 Å². The maximum Gasteiger partial charge on any atom is 0.134 e. The van der Waals surface area contributed by atoms with Gasteiger partial charge in [0.2, 0.25) is 0 Å². The third-order valence-corrected chi connectivity index (χ3v) is 6.04. The van der Waals surface area contributed by atoms with Gasteiger partial charge in [0.1, 0.15) is 23.8 Å². The van der Waals surface area contributed by atoms with Crippen molar-refractivity contribution in [3.8, 4) is 0 Å². The fourth-order valence-electron chi connectivity index (χ4n) is 4.48. The molecule has 2 N–H and O–H groups in total. The van der Waals surface area contributed by atoms with Crippen molar-refractivity contribution < 1.29 is 9.50 Å². The number of aliphatic hydroxyl groups excluding tert-OH is 1. The first kappa shape index (κ1) is 18.1. The van der Waals surface area contributed by atoms with Crippen LogP contribution in [0.1, 0.15) is 24.8 Å². The van der Waals surface area contributed by atoms with Gasteiger partial charge in [-0.15, -0.1) is 0 Å². The molecule has 2 aliphatic heterocycles. The second kappa shape index (κ2) is 7.48. The van der Waals surface area contributed by atoms with E-state index < -0.39 is 0 Å². The lowest BCUT2D eigenvalue weighted by Crippen LogP contribution is -2.33. The SMILES string of the molecule is OCC1CCCN1c1cc(N2CC=C(c3c[nH]c4cc(F)ccc34)CC2)ncn1. The van der Waals surface area contributed by atoms with Crippen LogP contribution in [-0.4, -0.2) is 52.3 Å². The van der Waals surface area contributed by atoms with Gasteiger partial charge in [0.15, 0.2) is 0 Å². The molecule has 29 heavy (non-hydrogen) atoms. The van der Waals surface area contributed by atoms with Crippen LogP contribution in [0.25, 0.3) is 16.5 Å². The zero-order valence-electron chi connectivity index (χ0n) is 16.2. The molecule has 0 bridgehead atoms. The third kappa shape index (κ3) is 3.35. The molecule has 1 fully saturated rings. The minimum Gasteiger partial charge on any atom is -0.394 e.